The van der Waals surface area contributed by atoms with Gasteiger partial charge in [-0.1, -0.05) is 67.8 Å². The summed E-state index contributed by atoms with van der Waals surface area (Å²) < 4.78 is 6.04. The molecule has 0 spiro atoms. The highest BCUT2D eigenvalue weighted by Gasteiger charge is 2.27. The van der Waals surface area contributed by atoms with E-state index >= 15 is 0 Å². The quantitative estimate of drug-likeness (QED) is 0.379. The molecular formula is C20H28N2OS. The maximum Gasteiger partial charge on any atom is 0.166 e. The largest absolute Gasteiger partial charge is 0.376 e. The van der Waals surface area contributed by atoms with E-state index in [-0.39, 0.29) is 5.11 Å². The van der Waals surface area contributed by atoms with Crippen molar-refractivity contribution in [1.29, 1.82) is 0 Å². The molecule has 0 radical (unpaired) electrons. The molecule has 3 nitrogen and oxygen atoms in total. The number of hydrogen-bond acceptors (Lipinski definition) is 2. The minimum Gasteiger partial charge on any atom is -0.376 e. The van der Waals surface area contributed by atoms with E-state index in [1.54, 1.807) is 0 Å². The molecule has 0 aliphatic heterocycles. The fourth-order valence-electron chi connectivity index (χ4n) is 2.91. The van der Waals surface area contributed by atoms with Crippen molar-refractivity contribution in [2.45, 2.75) is 50.7 Å². The molecule has 130 valence electrons. The van der Waals surface area contributed by atoms with Crippen molar-refractivity contribution < 1.29 is 4.74 Å². The van der Waals surface area contributed by atoms with Gasteiger partial charge in [0.05, 0.1) is 0 Å². The molecular weight excluding hydrogens is 316 g/mol. The first-order valence-corrected chi connectivity index (χ1v) is 9.21. The van der Waals surface area contributed by atoms with Gasteiger partial charge in [0.2, 0.25) is 0 Å². The smallest absolute Gasteiger partial charge is 0.166 e. The van der Waals surface area contributed by atoms with Crippen LogP contribution >= 0.6 is 12.2 Å². The number of aryl methyl sites for hydroxylation is 1. The van der Waals surface area contributed by atoms with Crippen LogP contribution in [0.5, 0.6) is 0 Å². The Labute approximate surface area is 151 Å². The maximum absolute atomic E-state index is 6.04. The Morgan fingerprint density at radius 2 is 1.83 bits per heavy atom. The third-order valence-electron chi connectivity index (χ3n) is 4.18. The van der Waals surface area contributed by atoms with E-state index in [0.717, 1.165) is 12.8 Å². The Morgan fingerprint density at radius 1 is 1.08 bits per heavy atom. The summed E-state index contributed by atoms with van der Waals surface area (Å²) in [6.07, 6.45) is 16.0. The Morgan fingerprint density at radius 3 is 2.54 bits per heavy atom. The minimum atomic E-state index is -0.562. The molecule has 0 aromatic heterocycles. The molecule has 1 aliphatic rings. The number of ether oxygens (including phenoxy) is 1. The van der Waals surface area contributed by atoms with E-state index in [1.165, 1.54) is 37.7 Å². The summed E-state index contributed by atoms with van der Waals surface area (Å²) in [7, 11) is 0. The second-order valence-corrected chi connectivity index (χ2v) is 6.66. The lowest BCUT2D eigenvalue weighted by Gasteiger charge is -2.32. The number of rotatable bonds is 10. The SMILES string of the molecule is NC(=S)NC1(OCCCCCCCc2ccccc2)C=CC=CC1. The lowest BCUT2D eigenvalue weighted by atomic mass is 10.0. The van der Waals surface area contributed by atoms with Gasteiger partial charge in [0, 0.05) is 13.0 Å². The summed E-state index contributed by atoms with van der Waals surface area (Å²) in [6, 6.07) is 10.7. The van der Waals surface area contributed by atoms with Crippen LogP contribution < -0.4 is 11.1 Å². The van der Waals surface area contributed by atoms with Crippen LogP contribution in [0.4, 0.5) is 0 Å². The zero-order chi connectivity index (χ0) is 17.1. The molecule has 0 fully saturated rings. The predicted octanol–water partition coefficient (Wildman–Crippen LogP) is 4.24. The number of nitrogens with two attached hydrogens (primary N) is 1. The Balaban J connectivity index is 1.56. The first-order valence-electron chi connectivity index (χ1n) is 8.80. The average Bonchev–Trinajstić information content (AvgIpc) is 2.58. The third-order valence-corrected chi connectivity index (χ3v) is 4.28. The number of allylic oxidation sites excluding steroid dienone is 2. The van der Waals surface area contributed by atoms with Gasteiger partial charge < -0.3 is 15.8 Å². The number of thiocarbonyl (C=S) groups is 1. The Kier molecular flexibility index (Phi) is 7.99. The highest BCUT2D eigenvalue weighted by atomic mass is 32.1. The van der Waals surface area contributed by atoms with Gasteiger partial charge in [-0.2, -0.15) is 0 Å². The number of hydrogen-bond donors (Lipinski definition) is 2. The molecule has 0 amide bonds. The van der Waals surface area contributed by atoms with Crippen LogP contribution in [0.2, 0.25) is 0 Å². The van der Waals surface area contributed by atoms with Gasteiger partial charge in [-0.05, 0) is 43.1 Å². The van der Waals surface area contributed by atoms with Gasteiger partial charge >= 0.3 is 0 Å². The molecule has 1 aromatic rings. The van der Waals surface area contributed by atoms with Crippen LogP contribution in [-0.4, -0.2) is 17.4 Å². The summed E-state index contributed by atoms with van der Waals surface area (Å²) in [5, 5.41) is 3.35. The molecule has 0 heterocycles. The normalized spacial score (nSPS) is 19.3. The lowest BCUT2D eigenvalue weighted by molar-refractivity contribution is -0.0199. The predicted molar refractivity (Wildman–Crippen MR) is 105 cm³/mol. The summed E-state index contributed by atoms with van der Waals surface area (Å²) in [6.45, 7) is 0.715. The highest BCUT2D eigenvalue weighted by Crippen LogP contribution is 2.20. The zero-order valence-corrected chi connectivity index (χ0v) is 15.1. The van der Waals surface area contributed by atoms with E-state index in [4.69, 9.17) is 22.7 Å². The Bertz CT molecular complexity index is 556. The first kappa shape index (κ1) is 18.7. The maximum atomic E-state index is 6.04. The summed E-state index contributed by atoms with van der Waals surface area (Å²) >= 11 is 4.97. The van der Waals surface area contributed by atoms with Crippen molar-refractivity contribution in [1.82, 2.24) is 5.32 Å². The summed E-state index contributed by atoms with van der Waals surface area (Å²) in [5.74, 6) is 0. The van der Waals surface area contributed by atoms with E-state index in [2.05, 4.69) is 41.7 Å². The van der Waals surface area contributed by atoms with Crippen molar-refractivity contribution in [3.05, 3.63) is 60.2 Å². The van der Waals surface area contributed by atoms with Gasteiger partial charge in [-0.25, -0.2) is 0 Å². The average molecular weight is 345 g/mol. The Hall–Kier alpha value is -1.65. The van der Waals surface area contributed by atoms with Gasteiger partial charge in [0.15, 0.2) is 10.8 Å². The summed E-state index contributed by atoms with van der Waals surface area (Å²) in [4.78, 5) is 0. The van der Waals surface area contributed by atoms with Crippen molar-refractivity contribution in [2.75, 3.05) is 6.61 Å². The molecule has 24 heavy (non-hydrogen) atoms. The van der Waals surface area contributed by atoms with Gasteiger partial charge in [0.1, 0.15) is 0 Å². The van der Waals surface area contributed by atoms with Crippen molar-refractivity contribution >= 4 is 17.3 Å². The third kappa shape index (κ3) is 6.85. The number of nitrogens with one attached hydrogen (secondary N) is 1. The van der Waals surface area contributed by atoms with Crippen molar-refractivity contribution in [2.24, 2.45) is 5.73 Å². The van der Waals surface area contributed by atoms with Crippen LogP contribution in [0, 0.1) is 0 Å². The molecule has 3 N–H and O–H groups in total. The second-order valence-electron chi connectivity index (χ2n) is 6.22. The lowest BCUT2D eigenvalue weighted by Crippen LogP contribution is -2.51. The highest BCUT2D eigenvalue weighted by molar-refractivity contribution is 7.80. The molecule has 0 bridgehead atoms. The molecule has 1 unspecified atom stereocenters. The molecule has 4 heteroatoms. The first-order chi connectivity index (χ1) is 11.7. The number of unbranched alkanes of at least 4 members (excludes halogenated alkanes) is 4. The zero-order valence-electron chi connectivity index (χ0n) is 14.2. The van der Waals surface area contributed by atoms with Crippen LogP contribution in [0.1, 0.15) is 44.1 Å². The van der Waals surface area contributed by atoms with Gasteiger partial charge in [-0.15, -0.1) is 0 Å². The fourth-order valence-corrected chi connectivity index (χ4v) is 3.08. The van der Waals surface area contributed by atoms with E-state index in [1.807, 2.05) is 18.2 Å². The number of benzene rings is 1. The van der Waals surface area contributed by atoms with Gasteiger partial charge in [-0.3, -0.25) is 0 Å². The topological polar surface area (TPSA) is 47.3 Å². The monoisotopic (exact) mass is 344 g/mol. The molecule has 1 atom stereocenters. The fraction of sp³-hybridized carbons (Fsp3) is 0.450. The van der Waals surface area contributed by atoms with Crippen LogP contribution in [0.15, 0.2) is 54.6 Å². The molecule has 2 rings (SSSR count). The van der Waals surface area contributed by atoms with E-state index in [0.29, 0.717) is 6.61 Å². The van der Waals surface area contributed by atoms with Crippen LogP contribution in [0.3, 0.4) is 0 Å². The van der Waals surface area contributed by atoms with E-state index < -0.39 is 5.72 Å². The van der Waals surface area contributed by atoms with Crippen molar-refractivity contribution in [3.63, 3.8) is 0 Å². The van der Waals surface area contributed by atoms with Crippen molar-refractivity contribution in [3.8, 4) is 0 Å². The molecule has 0 saturated carbocycles. The molecule has 1 aromatic carbocycles. The van der Waals surface area contributed by atoms with Crippen LogP contribution in [-0.2, 0) is 11.2 Å². The molecule has 0 saturated heterocycles. The van der Waals surface area contributed by atoms with Crippen LogP contribution in [0.25, 0.3) is 0 Å². The summed E-state index contributed by atoms with van der Waals surface area (Å²) in [5.41, 5.74) is 6.50. The minimum absolute atomic E-state index is 0.274. The molecule has 1 aliphatic carbocycles. The standard InChI is InChI=1S/C20H28N2OS/c21-19(24)22-20(15-9-5-10-16-20)23-17-11-3-1-2-6-12-18-13-7-4-8-14-18/h4-5,7-10,13-15H,1-3,6,11-12,16-17H2,(H3,21,22,24). The van der Waals surface area contributed by atoms with E-state index in [9.17, 15) is 0 Å². The van der Waals surface area contributed by atoms with Gasteiger partial charge in [0.25, 0.3) is 0 Å². The second kappa shape index (κ2) is 10.3.